The van der Waals surface area contributed by atoms with E-state index in [1.165, 1.54) is 10.4 Å². The molecule has 0 spiro atoms. The molecule has 1 aliphatic carbocycles. The Hall–Kier alpha value is -1.45. The predicted molar refractivity (Wildman–Crippen MR) is 102 cm³/mol. The maximum atomic E-state index is 12.9. The van der Waals surface area contributed by atoms with Crippen molar-refractivity contribution in [1.82, 2.24) is 14.5 Å². The van der Waals surface area contributed by atoms with Crippen molar-refractivity contribution in [1.29, 1.82) is 0 Å². The minimum absolute atomic E-state index is 0.0594. The summed E-state index contributed by atoms with van der Waals surface area (Å²) in [5, 5.41) is 4.65. The summed E-state index contributed by atoms with van der Waals surface area (Å²) < 4.78 is 27.5. The van der Waals surface area contributed by atoms with E-state index in [1.807, 2.05) is 0 Å². The number of carbonyl (C=O) groups excluding carboxylic acids is 2. The first-order valence-corrected chi connectivity index (χ1v) is 12.0. The fraction of sp³-hybridized carbons (Fsp3) is 0.667. The molecule has 3 heterocycles. The van der Waals surface area contributed by atoms with Crippen LogP contribution in [-0.2, 0) is 14.8 Å². The van der Waals surface area contributed by atoms with Crippen LogP contribution >= 0.6 is 11.3 Å². The highest BCUT2D eigenvalue weighted by atomic mass is 32.2. The lowest BCUT2D eigenvalue weighted by Gasteiger charge is -2.30. The third kappa shape index (κ3) is 4.05. The molecule has 7 nitrogen and oxygen atoms in total. The van der Waals surface area contributed by atoms with Gasteiger partial charge in [0.25, 0.3) is 15.9 Å². The van der Waals surface area contributed by atoms with Gasteiger partial charge in [-0.1, -0.05) is 0 Å². The van der Waals surface area contributed by atoms with E-state index >= 15 is 0 Å². The Morgan fingerprint density at radius 1 is 1.04 bits per heavy atom. The number of thiophene rings is 1. The van der Waals surface area contributed by atoms with E-state index in [1.54, 1.807) is 10.3 Å². The molecule has 3 fully saturated rings. The van der Waals surface area contributed by atoms with Crippen LogP contribution in [0.15, 0.2) is 15.7 Å². The van der Waals surface area contributed by atoms with Crippen LogP contribution in [0.5, 0.6) is 0 Å². The highest BCUT2D eigenvalue weighted by Gasteiger charge is 2.35. The van der Waals surface area contributed by atoms with Crippen molar-refractivity contribution in [3.05, 3.63) is 17.0 Å². The van der Waals surface area contributed by atoms with Crippen LogP contribution in [0.1, 0.15) is 48.9 Å². The molecule has 0 aromatic carbocycles. The molecule has 9 heteroatoms. The van der Waals surface area contributed by atoms with Crippen LogP contribution < -0.4 is 5.32 Å². The maximum absolute atomic E-state index is 12.9. The summed E-state index contributed by atoms with van der Waals surface area (Å²) in [6.07, 6.45) is 5.20. The Morgan fingerprint density at radius 3 is 2.33 bits per heavy atom. The van der Waals surface area contributed by atoms with Crippen LogP contribution in [0.3, 0.4) is 0 Å². The Kier molecular flexibility index (Phi) is 5.26. The van der Waals surface area contributed by atoms with E-state index in [2.05, 4.69) is 5.32 Å². The van der Waals surface area contributed by atoms with Gasteiger partial charge in [-0.15, -0.1) is 11.3 Å². The zero-order valence-corrected chi connectivity index (χ0v) is 16.9. The Balaban J connectivity index is 1.38. The summed E-state index contributed by atoms with van der Waals surface area (Å²) in [6.45, 7) is 2.18. The van der Waals surface area contributed by atoms with Crippen molar-refractivity contribution in [3.8, 4) is 0 Å². The van der Waals surface area contributed by atoms with Crippen LogP contribution in [0.2, 0.25) is 0 Å². The minimum atomic E-state index is -3.61. The molecular weight excluding hydrogens is 386 g/mol. The topological polar surface area (TPSA) is 86.8 Å². The first-order chi connectivity index (χ1) is 12.9. The molecule has 27 heavy (non-hydrogen) atoms. The van der Waals surface area contributed by atoms with Gasteiger partial charge in [0.1, 0.15) is 4.21 Å². The van der Waals surface area contributed by atoms with Crippen molar-refractivity contribution in [2.75, 3.05) is 26.2 Å². The average molecular weight is 412 g/mol. The lowest BCUT2D eigenvalue weighted by molar-refractivity contribution is -0.126. The molecule has 148 valence electrons. The Labute approximate surface area is 163 Å². The van der Waals surface area contributed by atoms with Crippen LogP contribution in [0.4, 0.5) is 0 Å². The zero-order chi connectivity index (χ0) is 19.0. The molecule has 2 saturated heterocycles. The quantitative estimate of drug-likeness (QED) is 0.798. The van der Waals surface area contributed by atoms with E-state index in [0.717, 1.165) is 50.1 Å². The van der Waals surface area contributed by atoms with E-state index < -0.39 is 10.0 Å². The molecule has 2 amide bonds. The smallest absolute Gasteiger partial charge is 0.254 e. The first-order valence-electron chi connectivity index (χ1n) is 9.63. The third-order valence-electron chi connectivity index (χ3n) is 5.56. The molecule has 1 saturated carbocycles. The lowest BCUT2D eigenvalue weighted by atomic mass is 9.97. The number of piperidine rings is 1. The van der Waals surface area contributed by atoms with Crippen molar-refractivity contribution in [2.45, 2.75) is 48.8 Å². The van der Waals surface area contributed by atoms with Gasteiger partial charge in [-0.2, -0.15) is 4.31 Å². The molecular formula is C18H25N3O4S2. The zero-order valence-electron chi connectivity index (χ0n) is 15.2. The molecule has 0 bridgehead atoms. The molecule has 0 unspecified atom stereocenters. The van der Waals surface area contributed by atoms with Gasteiger partial charge in [0.05, 0.1) is 5.56 Å². The summed E-state index contributed by atoms with van der Waals surface area (Å²) in [7, 11) is -3.61. The van der Waals surface area contributed by atoms with Crippen molar-refractivity contribution < 1.29 is 18.0 Å². The summed E-state index contributed by atoms with van der Waals surface area (Å²) >= 11 is 1.10. The van der Waals surface area contributed by atoms with Crippen molar-refractivity contribution in [3.63, 3.8) is 0 Å². The van der Waals surface area contributed by atoms with Crippen LogP contribution in [0.25, 0.3) is 0 Å². The molecule has 1 aromatic rings. The summed E-state index contributed by atoms with van der Waals surface area (Å²) in [4.78, 5) is 26.4. The first kappa shape index (κ1) is 18.9. The van der Waals surface area contributed by atoms with Crippen LogP contribution in [0, 0.1) is 5.92 Å². The average Bonchev–Trinajstić information content (AvgIpc) is 3.16. The predicted octanol–water partition coefficient (Wildman–Crippen LogP) is 1.66. The number of amides is 2. The summed E-state index contributed by atoms with van der Waals surface area (Å²) in [5.41, 5.74) is 0.458. The molecule has 0 radical (unpaired) electrons. The fourth-order valence-corrected chi connectivity index (χ4v) is 6.47. The summed E-state index contributed by atoms with van der Waals surface area (Å²) in [5.74, 6) is -0.127. The van der Waals surface area contributed by atoms with Gasteiger partial charge in [-0.25, -0.2) is 8.42 Å². The Morgan fingerprint density at radius 2 is 1.70 bits per heavy atom. The highest BCUT2D eigenvalue weighted by molar-refractivity contribution is 7.91. The number of carbonyl (C=O) groups is 2. The largest absolute Gasteiger partial charge is 0.353 e. The van der Waals surface area contributed by atoms with Crippen molar-refractivity contribution >= 4 is 33.2 Å². The lowest BCUT2D eigenvalue weighted by Crippen LogP contribution is -2.43. The van der Waals surface area contributed by atoms with Gasteiger partial charge < -0.3 is 10.2 Å². The SMILES string of the molecule is O=C(NC1CC1)C1CCN(S(=O)(=O)c2cc(C(=O)N3CCCC3)cs2)CC1. The molecule has 0 atom stereocenters. The fourth-order valence-electron chi connectivity index (χ4n) is 3.70. The standard InChI is InChI=1S/C18H25N3O4S2/c22-17(19-15-3-4-15)13-5-9-21(10-6-13)27(24,25)16-11-14(12-26-16)18(23)20-7-1-2-8-20/h11-13,15H,1-10H2,(H,19,22). The summed E-state index contributed by atoms with van der Waals surface area (Å²) in [6, 6.07) is 1.84. The molecule has 1 aromatic heterocycles. The monoisotopic (exact) mass is 411 g/mol. The number of nitrogens with one attached hydrogen (secondary N) is 1. The minimum Gasteiger partial charge on any atom is -0.353 e. The number of likely N-dealkylation sites (tertiary alicyclic amines) is 1. The Bertz CT molecular complexity index is 817. The molecule has 4 rings (SSSR count). The number of hydrogen-bond donors (Lipinski definition) is 1. The maximum Gasteiger partial charge on any atom is 0.254 e. The van der Waals surface area contributed by atoms with Gasteiger partial charge in [0, 0.05) is 43.5 Å². The number of rotatable bonds is 5. The molecule has 3 aliphatic rings. The van der Waals surface area contributed by atoms with E-state index in [4.69, 9.17) is 0 Å². The molecule has 1 N–H and O–H groups in total. The van der Waals surface area contributed by atoms with E-state index in [9.17, 15) is 18.0 Å². The van der Waals surface area contributed by atoms with Gasteiger partial charge in [0.2, 0.25) is 5.91 Å². The van der Waals surface area contributed by atoms with Gasteiger partial charge >= 0.3 is 0 Å². The second-order valence-electron chi connectivity index (χ2n) is 7.61. The van der Waals surface area contributed by atoms with Crippen LogP contribution in [-0.4, -0.2) is 61.7 Å². The normalized spacial score (nSPS) is 22.1. The number of nitrogens with zero attached hydrogens (tertiary/aromatic N) is 2. The number of hydrogen-bond acceptors (Lipinski definition) is 5. The van der Waals surface area contributed by atoms with Gasteiger partial charge in [-0.3, -0.25) is 9.59 Å². The highest BCUT2D eigenvalue weighted by Crippen LogP contribution is 2.29. The number of sulfonamides is 1. The second-order valence-corrected chi connectivity index (χ2v) is 10.7. The van der Waals surface area contributed by atoms with Crippen molar-refractivity contribution in [2.24, 2.45) is 5.92 Å². The molecule has 2 aliphatic heterocycles. The van der Waals surface area contributed by atoms with E-state index in [0.29, 0.717) is 37.5 Å². The third-order valence-corrected chi connectivity index (χ3v) is 8.87. The van der Waals surface area contributed by atoms with Gasteiger partial charge in [0.15, 0.2) is 0 Å². The van der Waals surface area contributed by atoms with Gasteiger partial charge in [-0.05, 0) is 44.6 Å². The van der Waals surface area contributed by atoms with E-state index in [-0.39, 0.29) is 21.9 Å². The second kappa shape index (κ2) is 7.52.